The molecule has 0 heterocycles. The fraction of sp³-hybridized carbons (Fsp3) is 0.423. The van der Waals surface area contributed by atoms with Gasteiger partial charge in [0.2, 0.25) is 5.91 Å². The van der Waals surface area contributed by atoms with Crippen molar-refractivity contribution >= 4 is 18.0 Å². The first-order valence-corrected chi connectivity index (χ1v) is 11.6. The molecule has 5 rings (SSSR count). The van der Waals surface area contributed by atoms with E-state index in [-0.39, 0.29) is 42.2 Å². The molecule has 7 heteroatoms. The Morgan fingerprint density at radius 1 is 0.939 bits per heavy atom. The summed E-state index contributed by atoms with van der Waals surface area (Å²) in [5.41, 5.74) is 4.71. The summed E-state index contributed by atoms with van der Waals surface area (Å²) in [5, 5.41) is 14.9. The Labute approximate surface area is 192 Å². The molecule has 2 saturated carbocycles. The molecule has 3 aliphatic carbocycles. The molecule has 0 unspecified atom stereocenters. The molecule has 2 amide bonds. The summed E-state index contributed by atoms with van der Waals surface area (Å²) in [6.07, 6.45) is 2.07. The molecule has 0 spiro atoms. The first-order valence-electron chi connectivity index (χ1n) is 11.6. The number of fused-ring (bicyclic) bond motifs is 3. The summed E-state index contributed by atoms with van der Waals surface area (Å²) in [6.45, 7) is 0.665. The van der Waals surface area contributed by atoms with Crippen LogP contribution < -0.4 is 10.6 Å². The number of carbonyl (C=O) groups excluding carboxylic acids is 2. The van der Waals surface area contributed by atoms with Gasteiger partial charge in [0.05, 0.1) is 5.92 Å². The highest BCUT2D eigenvalue weighted by Gasteiger charge is 2.44. The molecule has 33 heavy (non-hydrogen) atoms. The number of carbonyl (C=O) groups is 3. The molecule has 3 aliphatic rings. The van der Waals surface area contributed by atoms with E-state index in [1.54, 1.807) is 0 Å². The van der Waals surface area contributed by atoms with Crippen LogP contribution in [0.15, 0.2) is 48.5 Å². The number of alkyl carbamates (subject to hydrolysis) is 1. The first kappa shape index (κ1) is 21.5. The maximum absolute atomic E-state index is 12.4. The molecule has 0 saturated heterocycles. The maximum Gasteiger partial charge on any atom is 0.407 e. The van der Waals surface area contributed by atoms with Crippen LogP contribution in [0.3, 0.4) is 0 Å². The van der Waals surface area contributed by atoms with Crippen molar-refractivity contribution in [3.05, 3.63) is 59.7 Å². The van der Waals surface area contributed by atoms with Gasteiger partial charge in [0.1, 0.15) is 6.61 Å². The molecule has 0 aromatic heterocycles. The average molecular weight is 449 g/mol. The third-order valence-corrected chi connectivity index (χ3v) is 7.24. The lowest BCUT2D eigenvalue weighted by atomic mass is 9.98. The Balaban J connectivity index is 1.07. The van der Waals surface area contributed by atoms with E-state index < -0.39 is 12.1 Å². The van der Waals surface area contributed by atoms with Crippen LogP contribution >= 0.6 is 0 Å². The second-order valence-corrected chi connectivity index (χ2v) is 9.36. The number of hydrogen-bond acceptors (Lipinski definition) is 4. The number of rotatable bonds is 7. The molecule has 172 valence electrons. The normalized spacial score (nSPS) is 25.1. The Hall–Kier alpha value is -3.35. The van der Waals surface area contributed by atoms with Crippen LogP contribution in [0.1, 0.15) is 42.7 Å². The topological polar surface area (TPSA) is 105 Å². The van der Waals surface area contributed by atoms with Gasteiger partial charge in [-0.05, 0) is 53.9 Å². The molecule has 7 nitrogen and oxygen atoms in total. The minimum Gasteiger partial charge on any atom is -0.481 e. The van der Waals surface area contributed by atoms with Crippen molar-refractivity contribution in [3.8, 4) is 11.1 Å². The van der Waals surface area contributed by atoms with Gasteiger partial charge in [-0.3, -0.25) is 9.59 Å². The smallest absolute Gasteiger partial charge is 0.407 e. The van der Waals surface area contributed by atoms with E-state index in [2.05, 4.69) is 34.9 Å². The molecular weight excluding hydrogens is 420 g/mol. The highest BCUT2D eigenvalue weighted by Crippen LogP contribution is 2.44. The Kier molecular flexibility index (Phi) is 5.79. The quantitative estimate of drug-likeness (QED) is 0.601. The average Bonchev–Trinajstić information content (AvgIpc) is 3.33. The minimum absolute atomic E-state index is 0.0173. The number of carboxylic acids is 1. The molecule has 0 bridgehead atoms. The number of amides is 2. The Morgan fingerprint density at radius 3 is 2.24 bits per heavy atom. The number of carboxylic acid groups (broad SMARTS) is 1. The maximum atomic E-state index is 12.4. The molecule has 2 aromatic carbocycles. The van der Waals surface area contributed by atoms with Crippen LogP contribution in [0, 0.1) is 17.8 Å². The van der Waals surface area contributed by atoms with Gasteiger partial charge in [-0.25, -0.2) is 4.79 Å². The first-order chi connectivity index (χ1) is 16.0. The predicted molar refractivity (Wildman–Crippen MR) is 122 cm³/mol. The Bertz CT molecular complexity index is 1040. The largest absolute Gasteiger partial charge is 0.481 e. The van der Waals surface area contributed by atoms with Crippen LogP contribution in [0.2, 0.25) is 0 Å². The van der Waals surface area contributed by atoms with E-state index in [0.717, 1.165) is 6.42 Å². The Morgan fingerprint density at radius 2 is 1.61 bits per heavy atom. The van der Waals surface area contributed by atoms with Crippen molar-refractivity contribution in [2.75, 3.05) is 13.2 Å². The lowest BCUT2D eigenvalue weighted by molar-refractivity contribution is -0.141. The van der Waals surface area contributed by atoms with Crippen molar-refractivity contribution in [3.63, 3.8) is 0 Å². The third kappa shape index (κ3) is 4.45. The summed E-state index contributed by atoms with van der Waals surface area (Å²) >= 11 is 0. The zero-order valence-electron chi connectivity index (χ0n) is 18.3. The van der Waals surface area contributed by atoms with E-state index in [1.165, 1.54) is 22.3 Å². The van der Waals surface area contributed by atoms with Crippen LogP contribution in [-0.4, -0.2) is 42.3 Å². The van der Waals surface area contributed by atoms with Crippen LogP contribution in [-0.2, 0) is 14.3 Å². The molecule has 0 radical (unpaired) electrons. The molecular formula is C26H28N2O5. The highest BCUT2D eigenvalue weighted by molar-refractivity contribution is 5.82. The molecule has 2 aromatic rings. The number of aliphatic carboxylic acids is 1. The summed E-state index contributed by atoms with van der Waals surface area (Å²) < 4.78 is 5.55. The summed E-state index contributed by atoms with van der Waals surface area (Å²) in [4.78, 5) is 35.8. The molecule has 2 fully saturated rings. The van der Waals surface area contributed by atoms with Gasteiger partial charge in [-0.2, -0.15) is 0 Å². The number of benzene rings is 2. The molecule has 3 N–H and O–H groups in total. The summed E-state index contributed by atoms with van der Waals surface area (Å²) in [5.74, 6) is -1.19. The number of ether oxygens (including phenoxy) is 1. The van der Waals surface area contributed by atoms with Crippen molar-refractivity contribution in [1.82, 2.24) is 10.6 Å². The lowest BCUT2D eigenvalue weighted by Gasteiger charge is -2.15. The lowest BCUT2D eigenvalue weighted by Crippen LogP contribution is -2.35. The van der Waals surface area contributed by atoms with Crippen molar-refractivity contribution in [2.24, 2.45) is 17.8 Å². The fourth-order valence-electron chi connectivity index (χ4n) is 5.30. The fourth-order valence-corrected chi connectivity index (χ4v) is 5.30. The van der Waals surface area contributed by atoms with Crippen molar-refractivity contribution in [1.29, 1.82) is 0 Å². The minimum atomic E-state index is -0.789. The van der Waals surface area contributed by atoms with Gasteiger partial charge in [0.25, 0.3) is 0 Å². The second-order valence-electron chi connectivity index (χ2n) is 9.36. The van der Waals surface area contributed by atoms with Gasteiger partial charge in [0.15, 0.2) is 0 Å². The molecule has 4 atom stereocenters. The number of nitrogens with one attached hydrogen (secondary N) is 2. The highest BCUT2D eigenvalue weighted by atomic mass is 16.5. The SMILES string of the molecule is O=C(NC[C@@H]1C[C@@H]1C(=O)N[C@@H]1CC[C@H](C(=O)O)C1)OCC1c2ccccc2-c2ccccc21. The van der Waals surface area contributed by atoms with E-state index in [9.17, 15) is 14.4 Å². The summed E-state index contributed by atoms with van der Waals surface area (Å²) in [7, 11) is 0. The van der Waals surface area contributed by atoms with E-state index in [0.29, 0.717) is 25.8 Å². The zero-order chi connectivity index (χ0) is 22.9. The monoisotopic (exact) mass is 448 g/mol. The number of hydrogen-bond donors (Lipinski definition) is 3. The second kappa shape index (κ2) is 8.89. The van der Waals surface area contributed by atoms with E-state index >= 15 is 0 Å². The van der Waals surface area contributed by atoms with Crippen molar-refractivity contribution in [2.45, 2.75) is 37.6 Å². The van der Waals surface area contributed by atoms with Crippen LogP contribution in [0.4, 0.5) is 4.79 Å². The third-order valence-electron chi connectivity index (χ3n) is 7.24. The van der Waals surface area contributed by atoms with Gasteiger partial charge in [-0.1, -0.05) is 48.5 Å². The van der Waals surface area contributed by atoms with Gasteiger partial charge in [-0.15, -0.1) is 0 Å². The van der Waals surface area contributed by atoms with Crippen molar-refractivity contribution < 1.29 is 24.2 Å². The van der Waals surface area contributed by atoms with E-state index in [4.69, 9.17) is 9.84 Å². The van der Waals surface area contributed by atoms with Gasteiger partial charge >= 0.3 is 12.1 Å². The summed E-state index contributed by atoms with van der Waals surface area (Å²) in [6, 6.07) is 16.3. The van der Waals surface area contributed by atoms with Gasteiger partial charge < -0.3 is 20.5 Å². The van der Waals surface area contributed by atoms with E-state index in [1.807, 2.05) is 24.3 Å². The molecule has 0 aliphatic heterocycles. The van der Waals surface area contributed by atoms with Gasteiger partial charge in [0, 0.05) is 24.4 Å². The van der Waals surface area contributed by atoms with Crippen LogP contribution in [0.25, 0.3) is 11.1 Å². The zero-order valence-corrected chi connectivity index (χ0v) is 18.3. The van der Waals surface area contributed by atoms with Crippen LogP contribution in [0.5, 0.6) is 0 Å². The predicted octanol–water partition coefficient (Wildman–Crippen LogP) is 3.53. The standard InChI is InChI=1S/C26H28N2O5/c29-24(28-17-10-9-15(11-17)25(30)31)22-12-16(22)13-27-26(32)33-14-23-20-7-3-1-5-18(20)19-6-2-4-8-21(19)23/h1-8,15-17,22-23H,9-14H2,(H,27,32)(H,28,29)(H,30,31)/t15-,16-,17+,22-/m0/s1.